The number of carbonyl (C=O) groups excluding carboxylic acids is 1. The van der Waals surface area contributed by atoms with E-state index in [1.165, 1.54) is 19.0 Å². The largest absolute Gasteiger partial charge is 0.397 e. The highest BCUT2D eigenvalue weighted by Gasteiger charge is 2.27. The molecule has 4 nitrogen and oxygen atoms in total. The number of aromatic nitrogens is 1. The molecule has 2 N–H and O–H groups in total. The summed E-state index contributed by atoms with van der Waals surface area (Å²) in [5, 5.41) is 0.228. The summed E-state index contributed by atoms with van der Waals surface area (Å²) in [5.41, 5.74) is 6.53. The minimum Gasteiger partial charge on any atom is -0.397 e. The van der Waals surface area contributed by atoms with Gasteiger partial charge in [-0.15, -0.1) is 0 Å². The zero-order valence-corrected chi connectivity index (χ0v) is 11.3. The fraction of sp³-hybridized carbons (Fsp3) is 0.538. The molecule has 0 aliphatic heterocycles. The number of carbonyl (C=O) groups is 1. The first kappa shape index (κ1) is 13.1. The van der Waals surface area contributed by atoms with Crippen molar-refractivity contribution >= 4 is 23.2 Å². The molecule has 18 heavy (non-hydrogen) atoms. The number of hydrogen-bond acceptors (Lipinski definition) is 3. The van der Waals surface area contributed by atoms with Crippen LogP contribution in [0.3, 0.4) is 0 Å². The number of hydrogen-bond donors (Lipinski definition) is 1. The molecular weight excluding hydrogens is 250 g/mol. The van der Waals surface area contributed by atoms with Crippen molar-refractivity contribution < 1.29 is 4.79 Å². The summed E-state index contributed by atoms with van der Waals surface area (Å²) in [6.45, 7) is 3.63. The van der Waals surface area contributed by atoms with Gasteiger partial charge in [0.15, 0.2) is 0 Å². The van der Waals surface area contributed by atoms with Crippen molar-refractivity contribution in [3.63, 3.8) is 0 Å². The predicted molar refractivity (Wildman–Crippen MR) is 72.6 cm³/mol. The molecule has 0 unspecified atom stereocenters. The van der Waals surface area contributed by atoms with E-state index in [9.17, 15) is 4.79 Å². The normalized spacial score (nSPS) is 14.6. The molecule has 1 fully saturated rings. The molecule has 0 spiro atoms. The van der Waals surface area contributed by atoms with E-state index in [4.69, 9.17) is 17.3 Å². The molecule has 1 aromatic heterocycles. The molecule has 0 aromatic carbocycles. The van der Waals surface area contributed by atoms with Crippen molar-refractivity contribution in [3.05, 3.63) is 23.0 Å². The Labute approximate surface area is 112 Å². The lowest BCUT2D eigenvalue weighted by Gasteiger charge is -2.22. The molecule has 1 saturated carbocycles. The molecule has 1 aliphatic rings. The highest BCUT2D eigenvalue weighted by atomic mass is 35.5. The second-order valence-corrected chi connectivity index (χ2v) is 5.16. The molecule has 5 heteroatoms. The van der Waals surface area contributed by atoms with Crippen LogP contribution in [0.5, 0.6) is 0 Å². The Morgan fingerprint density at radius 1 is 1.61 bits per heavy atom. The van der Waals surface area contributed by atoms with Crippen molar-refractivity contribution in [2.75, 3.05) is 18.8 Å². The third kappa shape index (κ3) is 3.13. The van der Waals surface area contributed by atoms with Crippen molar-refractivity contribution in [3.8, 4) is 0 Å². The maximum atomic E-state index is 12.4. The van der Waals surface area contributed by atoms with Gasteiger partial charge in [-0.3, -0.25) is 4.79 Å². The van der Waals surface area contributed by atoms with E-state index < -0.39 is 0 Å². The van der Waals surface area contributed by atoms with Gasteiger partial charge in [0, 0.05) is 13.1 Å². The lowest BCUT2D eigenvalue weighted by atomic mass is 10.2. The van der Waals surface area contributed by atoms with Crippen LogP contribution >= 0.6 is 11.6 Å². The quantitative estimate of drug-likeness (QED) is 0.834. The van der Waals surface area contributed by atoms with Crippen molar-refractivity contribution in [1.29, 1.82) is 0 Å². The van der Waals surface area contributed by atoms with Gasteiger partial charge in [-0.25, -0.2) is 4.98 Å². The molecule has 2 rings (SSSR count). The van der Waals surface area contributed by atoms with Gasteiger partial charge in [0.2, 0.25) is 0 Å². The van der Waals surface area contributed by atoms with Gasteiger partial charge in [-0.2, -0.15) is 0 Å². The van der Waals surface area contributed by atoms with Crippen LogP contribution in [0.2, 0.25) is 5.15 Å². The molecule has 0 radical (unpaired) electrons. The molecule has 0 saturated heterocycles. The Hall–Kier alpha value is -1.29. The van der Waals surface area contributed by atoms with Gasteiger partial charge in [0.25, 0.3) is 5.91 Å². The van der Waals surface area contributed by atoms with Crippen LogP contribution in [0.15, 0.2) is 12.3 Å². The molecule has 1 aromatic rings. The number of halogens is 1. The zero-order chi connectivity index (χ0) is 13.1. The van der Waals surface area contributed by atoms with Gasteiger partial charge >= 0.3 is 0 Å². The summed E-state index contributed by atoms with van der Waals surface area (Å²) in [5.74, 6) is 0.599. The highest BCUT2D eigenvalue weighted by Crippen LogP contribution is 2.30. The van der Waals surface area contributed by atoms with Crippen molar-refractivity contribution in [2.24, 2.45) is 5.92 Å². The summed E-state index contributed by atoms with van der Waals surface area (Å²) in [7, 11) is 0. The van der Waals surface area contributed by atoms with Crippen LogP contribution in [-0.4, -0.2) is 28.9 Å². The van der Waals surface area contributed by atoms with E-state index in [1.807, 2.05) is 4.90 Å². The van der Waals surface area contributed by atoms with E-state index in [2.05, 4.69) is 11.9 Å². The maximum absolute atomic E-state index is 12.4. The number of rotatable bonds is 5. The number of amides is 1. The van der Waals surface area contributed by atoms with Crippen LogP contribution in [0, 0.1) is 5.92 Å². The topological polar surface area (TPSA) is 59.2 Å². The minimum absolute atomic E-state index is 0.0615. The summed E-state index contributed by atoms with van der Waals surface area (Å²) in [6, 6.07) is 1.60. The summed E-state index contributed by atoms with van der Waals surface area (Å²) in [6.07, 6.45) is 4.84. The van der Waals surface area contributed by atoms with Gasteiger partial charge < -0.3 is 10.6 Å². The number of anilines is 1. The Morgan fingerprint density at radius 2 is 2.33 bits per heavy atom. The lowest BCUT2D eigenvalue weighted by molar-refractivity contribution is 0.0747. The Balaban J connectivity index is 2.17. The van der Waals surface area contributed by atoms with E-state index in [0.717, 1.165) is 19.5 Å². The van der Waals surface area contributed by atoms with Crippen LogP contribution in [-0.2, 0) is 0 Å². The standard InChI is InChI=1S/C13H18ClN3O/c1-2-5-17(8-9-3-4-9)13(18)11-6-10(15)7-16-12(11)14/h6-7,9H,2-5,8,15H2,1H3. The van der Waals surface area contributed by atoms with Gasteiger partial charge in [0.05, 0.1) is 17.4 Å². The number of nitrogens with two attached hydrogens (primary N) is 1. The Bertz CT molecular complexity index is 446. The third-order valence-electron chi connectivity index (χ3n) is 3.05. The molecule has 1 aliphatic carbocycles. The average molecular weight is 268 g/mol. The minimum atomic E-state index is -0.0615. The summed E-state index contributed by atoms with van der Waals surface area (Å²) < 4.78 is 0. The van der Waals surface area contributed by atoms with E-state index in [-0.39, 0.29) is 11.1 Å². The highest BCUT2D eigenvalue weighted by molar-refractivity contribution is 6.32. The van der Waals surface area contributed by atoms with Gasteiger partial charge in [-0.1, -0.05) is 18.5 Å². The number of nitrogen functional groups attached to an aromatic ring is 1. The summed E-state index contributed by atoms with van der Waals surface area (Å²) in [4.78, 5) is 18.2. The summed E-state index contributed by atoms with van der Waals surface area (Å²) >= 11 is 5.97. The molecule has 98 valence electrons. The van der Waals surface area contributed by atoms with E-state index in [1.54, 1.807) is 6.07 Å². The predicted octanol–water partition coefficient (Wildman–Crippen LogP) is 2.58. The number of nitrogens with zero attached hydrogens (tertiary/aromatic N) is 2. The van der Waals surface area contributed by atoms with Gasteiger partial charge in [-0.05, 0) is 31.2 Å². The SMILES string of the molecule is CCCN(CC1CC1)C(=O)c1cc(N)cnc1Cl. The Morgan fingerprint density at radius 3 is 2.94 bits per heavy atom. The van der Waals surface area contributed by atoms with E-state index in [0.29, 0.717) is 17.2 Å². The lowest BCUT2D eigenvalue weighted by Crippen LogP contribution is -2.34. The zero-order valence-electron chi connectivity index (χ0n) is 10.5. The van der Waals surface area contributed by atoms with Crippen molar-refractivity contribution in [1.82, 2.24) is 9.88 Å². The first-order chi connectivity index (χ1) is 8.61. The Kier molecular flexibility index (Phi) is 4.07. The average Bonchev–Trinajstić information content (AvgIpc) is 3.15. The van der Waals surface area contributed by atoms with Crippen LogP contribution in [0.1, 0.15) is 36.5 Å². The molecule has 1 heterocycles. The monoisotopic (exact) mass is 267 g/mol. The molecular formula is C13H18ClN3O. The van der Waals surface area contributed by atoms with Crippen LogP contribution in [0.25, 0.3) is 0 Å². The first-order valence-electron chi connectivity index (χ1n) is 6.32. The second kappa shape index (κ2) is 5.57. The fourth-order valence-corrected chi connectivity index (χ4v) is 2.13. The molecule has 1 amide bonds. The fourth-order valence-electron chi connectivity index (χ4n) is 1.94. The molecule has 0 atom stereocenters. The molecule has 0 bridgehead atoms. The smallest absolute Gasteiger partial charge is 0.257 e. The van der Waals surface area contributed by atoms with Crippen LogP contribution in [0.4, 0.5) is 5.69 Å². The van der Waals surface area contributed by atoms with Gasteiger partial charge in [0.1, 0.15) is 5.15 Å². The van der Waals surface area contributed by atoms with Crippen LogP contribution < -0.4 is 5.73 Å². The second-order valence-electron chi connectivity index (χ2n) is 4.80. The third-order valence-corrected chi connectivity index (χ3v) is 3.35. The van der Waals surface area contributed by atoms with Crippen molar-refractivity contribution in [2.45, 2.75) is 26.2 Å². The van der Waals surface area contributed by atoms with E-state index >= 15 is 0 Å². The first-order valence-corrected chi connectivity index (χ1v) is 6.70. The number of pyridine rings is 1. The maximum Gasteiger partial charge on any atom is 0.257 e.